The lowest BCUT2D eigenvalue weighted by atomic mass is 10.1. The summed E-state index contributed by atoms with van der Waals surface area (Å²) in [5.74, 6) is 2.45. The predicted octanol–water partition coefficient (Wildman–Crippen LogP) is 2.54. The summed E-state index contributed by atoms with van der Waals surface area (Å²) in [7, 11) is 1.69. The molecule has 0 aliphatic heterocycles. The van der Waals surface area contributed by atoms with Crippen LogP contribution < -0.4 is 15.4 Å². The third-order valence-electron chi connectivity index (χ3n) is 3.59. The maximum absolute atomic E-state index is 5.38. The van der Waals surface area contributed by atoms with Gasteiger partial charge in [-0.15, -0.1) is 0 Å². The molecule has 0 saturated heterocycles. The van der Waals surface area contributed by atoms with Gasteiger partial charge in [0.25, 0.3) is 0 Å². The molecule has 0 saturated carbocycles. The molecule has 0 aliphatic rings. The number of aromatic nitrogens is 1. The van der Waals surface area contributed by atoms with Crippen molar-refractivity contribution in [3.63, 3.8) is 0 Å². The molecule has 6 heteroatoms. The second-order valence-electron chi connectivity index (χ2n) is 5.32. The number of methoxy groups -OCH3 is 1. The Morgan fingerprint density at radius 1 is 1.25 bits per heavy atom. The van der Waals surface area contributed by atoms with Crippen LogP contribution in [0.5, 0.6) is 5.75 Å². The molecular weight excluding hydrogens is 304 g/mol. The Hall–Kier alpha value is -2.50. The number of para-hydroxylation sites is 1. The SMILES string of the molecule is CCNC(=NCc1cc(CC)no1)NCCc1ccccc1OC. The van der Waals surface area contributed by atoms with Crippen LogP contribution in [-0.4, -0.2) is 31.3 Å². The first-order valence-corrected chi connectivity index (χ1v) is 8.35. The second kappa shape index (κ2) is 9.60. The maximum Gasteiger partial charge on any atom is 0.191 e. The number of aryl methyl sites for hydroxylation is 1. The van der Waals surface area contributed by atoms with Crippen molar-refractivity contribution < 1.29 is 9.26 Å². The summed E-state index contributed by atoms with van der Waals surface area (Å²) in [6.45, 7) is 6.13. The highest BCUT2D eigenvalue weighted by atomic mass is 16.5. The van der Waals surface area contributed by atoms with Gasteiger partial charge < -0.3 is 19.9 Å². The molecule has 130 valence electrons. The number of rotatable bonds is 8. The zero-order valence-corrected chi connectivity index (χ0v) is 14.6. The Kier molecular flexibility index (Phi) is 7.14. The van der Waals surface area contributed by atoms with E-state index in [0.717, 1.165) is 49.1 Å². The fraction of sp³-hybridized carbons (Fsp3) is 0.444. The van der Waals surface area contributed by atoms with Gasteiger partial charge in [-0.25, -0.2) is 4.99 Å². The molecule has 2 rings (SSSR count). The zero-order valence-electron chi connectivity index (χ0n) is 14.6. The quantitative estimate of drug-likeness (QED) is 0.575. The first kappa shape index (κ1) is 17.8. The number of guanidine groups is 1. The largest absolute Gasteiger partial charge is 0.496 e. The van der Waals surface area contributed by atoms with Gasteiger partial charge in [-0.05, 0) is 31.4 Å². The number of nitrogens with one attached hydrogen (secondary N) is 2. The van der Waals surface area contributed by atoms with Crippen LogP contribution >= 0.6 is 0 Å². The van der Waals surface area contributed by atoms with E-state index in [0.29, 0.717) is 6.54 Å². The Balaban J connectivity index is 1.89. The molecule has 1 aromatic carbocycles. The summed E-state index contributed by atoms with van der Waals surface area (Å²) in [4.78, 5) is 4.53. The minimum absolute atomic E-state index is 0.469. The van der Waals surface area contributed by atoms with E-state index in [2.05, 4.69) is 26.8 Å². The first-order valence-electron chi connectivity index (χ1n) is 8.35. The van der Waals surface area contributed by atoms with Crippen molar-refractivity contribution in [2.45, 2.75) is 33.2 Å². The highest BCUT2D eigenvalue weighted by molar-refractivity contribution is 5.79. The van der Waals surface area contributed by atoms with E-state index in [9.17, 15) is 0 Å². The molecular formula is C18H26N4O2. The third-order valence-corrected chi connectivity index (χ3v) is 3.59. The Bertz CT molecular complexity index is 652. The van der Waals surface area contributed by atoms with Crippen molar-refractivity contribution in [3.8, 4) is 5.75 Å². The lowest BCUT2D eigenvalue weighted by Gasteiger charge is -2.12. The molecule has 1 aromatic heterocycles. The number of aliphatic imine (C=N–C) groups is 1. The number of hydrogen-bond donors (Lipinski definition) is 2. The number of hydrogen-bond acceptors (Lipinski definition) is 4. The van der Waals surface area contributed by atoms with E-state index in [1.807, 2.05) is 38.1 Å². The molecule has 0 atom stereocenters. The topological polar surface area (TPSA) is 71.7 Å². The van der Waals surface area contributed by atoms with Gasteiger partial charge >= 0.3 is 0 Å². The summed E-state index contributed by atoms with van der Waals surface area (Å²) in [6, 6.07) is 9.99. The fourth-order valence-corrected chi connectivity index (χ4v) is 2.32. The molecule has 0 unspecified atom stereocenters. The Labute approximate surface area is 143 Å². The van der Waals surface area contributed by atoms with Crippen molar-refractivity contribution in [1.82, 2.24) is 15.8 Å². The second-order valence-corrected chi connectivity index (χ2v) is 5.32. The Morgan fingerprint density at radius 2 is 2.08 bits per heavy atom. The summed E-state index contributed by atoms with van der Waals surface area (Å²) in [5, 5.41) is 10.5. The molecule has 0 radical (unpaired) electrons. The van der Waals surface area contributed by atoms with Crippen molar-refractivity contribution in [2.75, 3.05) is 20.2 Å². The van der Waals surface area contributed by atoms with Gasteiger partial charge in [0, 0.05) is 19.2 Å². The van der Waals surface area contributed by atoms with Crippen LogP contribution in [0.3, 0.4) is 0 Å². The van der Waals surface area contributed by atoms with E-state index in [1.165, 1.54) is 5.56 Å². The third kappa shape index (κ3) is 5.30. The van der Waals surface area contributed by atoms with Crippen LogP contribution in [0.2, 0.25) is 0 Å². The van der Waals surface area contributed by atoms with Gasteiger partial charge in [0.2, 0.25) is 0 Å². The van der Waals surface area contributed by atoms with Crippen LogP contribution in [-0.2, 0) is 19.4 Å². The number of benzene rings is 1. The minimum Gasteiger partial charge on any atom is -0.496 e. The van der Waals surface area contributed by atoms with Crippen LogP contribution in [0.4, 0.5) is 0 Å². The van der Waals surface area contributed by atoms with E-state index < -0.39 is 0 Å². The van der Waals surface area contributed by atoms with Gasteiger partial charge in [0.05, 0.1) is 12.8 Å². The highest BCUT2D eigenvalue weighted by Crippen LogP contribution is 2.17. The molecule has 24 heavy (non-hydrogen) atoms. The monoisotopic (exact) mass is 330 g/mol. The lowest BCUT2D eigenvalue weighted by Crippen LogP contribution is -2.38. The molecule has 2 aromatic rings. The van der Waals surface area contributed by atoms with Crippen LogP contribution in [0, 0.1) is 0 Å². The van der Waals surface area contributed by atoms with Crippen molar-refractivity contribution in [3.05, 3.63) is 47.3 Å². The molecule has 1 heterocycles. The van der Waals surface area contributed by atoms with Gasteiger partial charge in [0.1, 0.15) is 12.3 Å². The van der Waals surface area contributed by atoms with Crippen molar-refractivity contribution in [1.29, 1.82) is 0 Å². The molecule has 6 nitrogen and oxygen atoms in total. The molecule has 0 aliphatic carbocycles. The van der Waals surface area contributed by atoms with Gasteiger partial charge in [-0.1, -0.05) is 30.3 Å². The molecule has 0 fully saturated rings. The Morgan fingerprint density at radius 3 is 2.79 bits per heavy atom. The summed E-state index contributed by atoms with van der Waals surface area (Å²) >= 11 is 0. The van der Waals surface area contributed by atoms with E-state index in [4.69, 9.17) is 9.26 Å². The van der Waals surface area contributed by atoms with Gasteiger partial charge in [0.15, 0.2) is 11.7 Å². The molecule has 0 amide bonds. The summed E-state index contributed by atoms with van der Waals surface area (Å²) in [5.41, 5.74) is 2.13. The average molecular weight is 330 g/mol. The normalized spacial score (nSPS) is 11.4. The fourth-order valence-electron chi connectivity index (χ4n) is 2.32. The van der Waals surface area contributed by atoms with E-state index in [1.54, 1.807) is 7.11 Å². The number of nitrogens with zero attached hydrogens (tertiary/aromatic N) is 2. The van der Waals surface area contributed by atoms with Gasteiger partial charge in [-0.2, -0.15) is 0 Å². The van der Waals surface area contributed by atoms with Gasteiger partial charge in [-0.3, -0.25) is 0 Å². The summed E-state index contributed by atoms with van der Waals surface area (Å²) in [6.07, 6.45) is 1.72. The zero-order chi connectivity index (χ0) is 17.2. The predicted molar refractivity (Wildman–Crippen MR) is 95.4 cm³/mol. The smallest absolute Gasteiger partial charge is 0.191 e. The average Bonchev–Trinajstić information content (AvgIpc) is 3.08. The van der Waals surface area contributed by atoms with E-state index >= 15 is 0 Å². The standard InChI is InChI=1S/C18H26N4O2/c1-4-15-12-16(24-22-15)13-21-18(19-5-2)20-11-10-14-8-6-7-9-17(14)23-3/h6-9,12H,4-5,10-11,13H2,1-3H3,(H2,19,20,21). The van der Waals surface area contributed by atoms with Crippen LogP contribution in [0.25, 0.3) is 0 Å². The molecule has 0 bridgehead atoms. The highest BCUT2D eigenvalue weighted by Gasteiger charge is 2.04. The lowest BCUT2D eigenvalue weighted by molar-refractivity contribution is 0.379. The molecule has 0 spiro atoms. The van der Waals surface area contributed by atoms with Crippen molar-refractivity contribution >= 4 is 5.96 Å². The van der Waals surface area contributed by atoms with Crippen LogP contribution in [0.15, 0.2) is 39.8 Å². The number of ether oxygens (including phenoxy) is 1. The van der Waals surface area contributed by atoms with Crippen LogP contribution in [0.1, 0.15) is 30.9 Å². The van der Waals surface area contributed by atoms with Crippen molar-refractivity contribution in [2.24, 2.45) is 4.99 Å². The first-order chi connectivity index (χ1) is 11.8. The molecule has 2 N–H and O–H groups in total. The van der Waals surface area contributed by atoms with E-state index in [-0.39, 0.29) is 0 Å². The maximum atomic E-state index is 5.38. The summed E-state index contributed by atoms with van der Waals surface area (Å²) < 4.78 is 10.6. The minimum atomic E-state index is 0.469.